The van der Waals surface area contributed by atoms with Crippen molar-refractivity contribution in [2.24, 2.45) is 0 Å². The normalized spacial score (nSPS) is 11.0. The number of hydrogen-bond donors (Lipinski definition) is 0. The summed E-state index contributed by atoms with van der Waals surface area (Å²) in [6.07, 6.45) is 0. The van der Waals surface area contributed by atoms with E-state index in [4.69, 9.17) is 19.6 Å². The summed E-state index contributed by atoms with van der Waals surface area (Å²) in [5.74, 6) is 0.463. The zero-order chi connectivity index (χ0) is 25.2. The van der Waals surface area contributed by atoms with E-state index in [0.717, 1.165) is 22.4 Å². The monoisotopic (exact) mass is 481 g/mol. The molecule has 2 aromatic heterocycles. The second kappa shape index (κ2) is 9.62. The van der Waals surface area contributed by atoms with Crippen molar-refractivity contribution in [2.75, 3.05) is 7.11 Å². The molecule has 36 heavy (non-hydrogen) atoms. The molecule has 0 N–H and O–H groups in total. The van der Waals surface area contributed by atoms with Gasteiger partial charge in [-0.15, -0.1) is 0 Å². The van der Waals surface area contributed by atoms with Gasteiger partial charge in [0.15, 0.2) is 5.65 Å². The standard InChI is InChI=1S/C29H24FN3O3/c1-18-4-8-21(9-5-18)26-16-25(29(34)35-3)27-19(2)33(32-28(27)31-26)17-20-6-12-23(13-7-20)36-24-14-10-22(30)11-15-24/h4-16H,17H2,1-3H3. The minimum absolute atomic E-state index is 0.310. The highest BCUT2D eigenvalue weighted by Gasteiger charge is 2.20. The third-order valence-corrected chi connectivity index (χ3v) is 6.02. The van der Waals surface area contributed by atoms with Crippen LogP contribution in [-0.4, -0.2) is 27.8 Å². The van der Waals surface area contributed by atoms with Crippen LogP contribution < -0.4 is 4.74 Å². The summed E-state index contributed by atoms with van der Waals surface area (Å²) >= 11 is 0. The first-order chi connectivity index (χ1) is 17.4. The Bertz CT molecular complexity index is 1540. The topological polar surface area (TPSA) is 66.2 Å². The number of carbonyl (C=O) groups excluding carboxylic acids is 1. The van der Waals surface area contributed by atoms with Crippen LogP contribution in [0.15, 0.2) is 78.9 Å². The first-order valence-corrected chi connectivity index (χ1v) is 11.5. The Morgan fingerprint density at radius 1 is 0.917 bits per heavy atom. The maximum atomic E-state index is 13.1. The van der Waals surface area contributed by atoms with E-state index in [-0.39, 0.29) is 5.82 Å². The quantitative estimate of drug-likeness (QED) is 0.260. The van der Waals surface area contributed by atoms with E-state index in [1.807, 2.05) is 67.1 Å². The fourth-order valence-corrected chi connectivity index (χ4v) is 4.05. The number of halogens is 1. The Morgan fingerprint density at radius 3 is 2.19 bits per heavy atom. The fourth-order valence-electron chi connectivity index (χ4n) is 4.05. The highest BCUT2D eigenvalue weighted by molar-refractivity contribution is 6.04. The molecule has 0 aliphatic carbocycles. The van der Waals surface area contributed by atoms with Gasteiger partial charge in [-0.1, -0.05) is 42.0 Å². The van der Waals surface area contributed by atoms with Crippen molar-refractivity contribution in [2.45, 2.75) is 20.4 Å². The van der Waals surface area contributed by atoms with Crippen LogP contribution in [0.1, 0.15) is 27.2 Å². The summed E-state index contributed by atoms with van der Waals surface area (Å²) in [6, 6.07) is 23.2. The molecule has 0 fully saturated rings. The molecule has 180 valence electrons. The van der Waals surface area contributed by atoms with Gasteiger partial charge in [-0.2, -0.15) is 5.10 Å². The number of benzene rings is 3. The first-order valence-electron chi connectivity index (χ1n) is 11.5. The molecule has 3 aromatic carbocycles. The van der Waals surface area contributed by atoms with E-state index >= 15 is 0 Å². The van der Waals surface area contributed by atoms with Crippen LogP contribution in [0.5, 0.6) is 11.5 Å². The molecule has 7 heteroatoms. The van der Waals surface area contributed by atoms with Crippen molar-refractivity contribution in [1.82, 2.24) is 14.8 Å². The Balaban J connectivity index is 1.46. The van der Waals surface area contributed by atoms with Gasteiger partial charge in [0.25, 0.3) is 0 Å². The van der Waals surface area contributed by atoms with Crippen LogP contribution in [0.4, 0.5) is 4.39 Å². The van der Waals surface area contributed by atoms with Crippen molar-refractivity contribution in [3.63, 3.8) is 0 Å². The lowest BCUT2D eigenvalue weighted by atomic mass is 10.0. The molecule has 0 bridgehead atoms. The van der Waals surface area contributed by atoms with E-state index in [9.17, 15) is 9.18 Å². The molecule has 0 amide bonds. The molecular weight excluding hydrogens is 457 g/mol. The summed E-state index contributed by atoms with van der Waals surface area (Å²) in [4.78, 5) is 17.4. The number of aromatic nitrogens is 3. The number of aryl methyl sites for hydroxylation is 2. The largest absolute Gasteiger partial charge is 0.465 e. The number of fused-ring (bicyclic) bond motifs is 1. The van der Waals surface area contributed by atoms with Crippen molar-refractivity contribution in [1.29, 1.82) is 0 Å². The zero-order valence-corrected chi connectivity index (χ0v) is 20.2. The van der Waals surface area contributed by atoms with E-state index < -0.39 is 5.97 Å². The minimum Gasteiger partial charge on any atom is -0.465 e. The predicted molar refractivity (Wildman–Crippen MR) is 136 cm³/mol. The molecule has 0 spiro atoms. The van der Waals surface area contributed by atoms with Crippen molar-refractivity contribution >= 4 is 17.0 Å². The lowest BCUT2D eigenvalue weighted by molar-refractivity contribution is 0.0603. The van der Waals surface area contributed by atoms with Gasteiger partial charge < -0.3 is 9.47 Å². The Morgan fingerprint density at radius 2 is 1.56 bits per heavy atom. The number of esters is 1. The molecule has 2 heterocycles. The van der Waals surface area contributed by atoms with Gasteiger partial charge in [0, 0.05) is 11.3 Å². The smallest absolute Gasteiger partial charge is 0.338 e. The molecule has 0 radical (unpaired) electrons. The maximum absolute atomic E-state index is 13.1. The summed E-state index contributed by atoms with van der Waals surface area (Å²) < 4.78 is 25.8. The number of hydrogen-bond acceptors (Lipinski definition) is 5. The number of pyridine rings is 1. The molecule has 5 rings (SSSR count). The predicted octanol–water partition coefficient (Wildman–Crippen LogP) is 6.48. The molecule has 0 aliphatic rings. The van der Waals surface area contributed by atoms with E-state index in [1.54, 1.807) is 18.2 Å². The van der Waals surface area contributed by atoms with Crippen LogP contribution in [0.2, 0.25) is 0 Å². The van der Waals surface area contributed by atoms with Gasteiger partial charge in [0.05, 0.1) is 30.3 Å². The average Bonchev–Trinajstić information content (AvgIpc) is 3.20. The highest BCUT2D eigenvalue weighted by atomic mass is 19.1. The molecule has 0 atom stereocenters. The number of rotatable bonds is 6. The minimum atomic E-state index is -0.430. The number of ether oxygens (including phenoxy) is 2. The van der Waals surface area contributed by atoms with Gasteiger partial charge in [0.1, 0.15) is 17.3 Å². The molecule has 0 aliphatic heterocycles. The molecule has 0 saturated carbocycles. The van der Waals surface area contributed by atoms with E-state index in [0.29, 0.717) is 40.3 Å². The number of nitrogens with zero attached hydrogens (tertiary/aromatic N) is 3. The van der Waals surface area contributed by atoms with Gasteiger partial charge in [-0.25, -0.2) is 14.2 Å². The molecule has 0 unspecified atom stereocenters. The second-order valence-corrected chi connectivity index (χ2v) is 8.55. The molecule has 0 saturated heterocycles. The van der Waals surface area contributed by atoms with Crippen LogP contribution in [0.3, 0.4) is 0 Å². The first kappa shape index (κ1) is 23.2. The summed E-state index contributed by atoms with van der Waals surface area (Å²) in [6.45, 7) is 4.42. The van der Waals surface area contributed by atoms with E-state index in [2.05, 4.69) is 0 Å². The zero-order valence-electron chi connectivity index (χ0n) is 20.2. The Kier molecular flexibility index (Phi) is 6.21. The van der Waals surface area contributed by atoms with Gasteiger partial charge in [0.2, 0.25) is 0 Å². The lowest BCUT2D eigenvalue weighted by Gasteiger charge is -2.08. The van der Waals surface area contributed by atoms with Crippen LogP contribution in [0.25, 0.3) is 22.3 Å². The maximum Gasteiger partial charge on any atom is 0.338 e. The summed E-state index contributed by atoms with van der Waals surface area (Å²) in [7, 11) is 1.37. The third-order valence-electron chi connectivity index (χ3n) is 6.02. The van der Waals surface area contributed by atoms with Crippen molar-refractivity contribution < 1.29 is 18.7 Å². The molecule has 5 aromatic rings. The van der Waals surface area contributed by atoms with Gasteiger partial charge >= 0.3 is 5.97 Å². The van der Waals surface area contributed by atoms with Crippen molar-refractivity contribution in [3.05, 3.63) is 107 Å². The fraction of sp³-hybridized carbons (Fsp3) is 0.138. The second-order valence-electron chi connectivity index (χ2n) is 8.55. The Hall–Kier alpha value is -4.52. The SMILES string of the molecule is COC(=O)c1cc(-c2ccc(C)cc2)nc2nn(Cc3ccc(Oc4ccc(F)cc4)cc3)c(C)c12. The van der Waals surface area contributed by atoms with Crippen LogP contribution in [-0.2, 0) is 11.3 Å². The molecule has 6 nitrogen and oxygen atoms in total. The van der Waals surface area contributed by atoms with Crippen LogP contribution >= 0.6 is 0 Å². The summed E-state index contributed by atoms with van der Waals surface area (Å²) in [5, 5.41) is 5.39. The highest BCUT2D eigenvalue weighted by Crippen LogP contribution is 2.28. The number of carbonyl (C=O) groups is 1. The lowest BCUT2D eigenvalue weighted by Crippen LogP contribution is -2.05. The third kappa shape index (κ3) is 4.68. The van der Waals surface area contributed by atoms with E-state index in [1.165, 1.54) is 19.2 Å². The Labute approximate surface area is 207 Å². The molecular formula is C29H24FN3O3. The summed E-state index contributed by atoms with van der Waals surface area (Å²) in [5.41, 5.74) is 5.44. The van der Waals surface area contributed by atoms with Gasteiger partial charge in [-0.05, 0) is 61.9 Å². The number of methoxy groups -OCH3 is 1. The average molecular weight is 482 g/mol. The van der Waals surface area contributed by atoms with Crippen LogP contribution in [0, 0.1) is 19.7 Å². The van der Waals surface area contributed by atoms with Crippen molar-refractivity contribution in [3.8, 4) is 22.8 Å². The van der Waals surface area contributed by atoms with Gasteiger partial charge in [-0.3, -0.25) is 4.68 Å².